The van der Waals surface area contributed by atoms with Crippen molar-refractivity contribution in [3.63, 3.8) is 0 Å². The third-order valence-corrected chi connectivity index (χ3v) is 7.14. The molecule has 0 radical (unpaired) electrons. The third kappa shape index (κ3) is 7.52. The zero-order chi connectivity index (χ0) is 23.8. The van der Waals surface area contributed by atoms with E-state index in [1.165, 1.54) is 6.08 Å². The number of carbonyl (C=O) groups is 1. The van der Waals surface area contributed by atoms with Gasteiger partial charge in [0.25, 0.3) is 0 Å². The van der Waals surface area contributed by atoms with Crippen molar-refractivity contribution < 1.29 is 17.9 Å². The van der Waals surface area contributed by atoms with Crippen LogP contribution in [0, 0.1) is 20.8 Å². The van der Waals surface area contributed by atoms with E-state index < -0.39 is 10.0 Å². The summed E-state index contributed by atoms with van der Waals surface area (Å²) in [7, 11) is -3.63. The number of nitrogens with one attached hydrogen (secondary N) is 2. The van der Waals surface area contributed by atoms with Gasteiger partial charge in [0.1, 0.15) is 12.4 Å². The van der Waals surface area contributed by atoms with Crippen LogP contribution in [0.1, 0.15) is 27.4 Å². The fraction of sp³-hybridized carbons (Fsp3) is 0.250. The first-order valence-electron chi connectivity index (χ1n) is 10.4. The Hall–Kier alpha value is -3.01. The number of nitrogens with zero attached hydrogens (tertiary/aromatic N) is 1. The molecule has 0 saturated carbocycles. The Morgan fingerprint density at radius 3 is 2.55 bits per heavy atom. The maximum absolute atomic E-state index is 12.5. The molecule has 0 atom stereocenters. The number of amides is 1. The van der Waals surface area contributed by atoms with E-state index in [0.717, 1.165) is 27.6 Å². The lowest BCUT2D eigenvalue weighted by molar-refractivity contribution is -0.116. The quantitative estimate of drug-likeness (QED) is 0.337. The van der Waals surface area contributed by atoms with Crippen LogP contribution in [0.2, 0.25) is 0 Å². The molecule has 0 aliphatic carbocycles. The van der Waals surface area contributed by atoms with Crippen molar-refractivity contribution in [2.24, 2.45) is 0 Å². The molecule has 3 rings (SSSR count). The van der Waals surface area contributed by atoms with Crippen LogP contribution in [0.5, 0.6) is 5.75 Å². The van der Waals surface area contributed by atoms with Gasteiger partial charge in [-0.2, -0.15) is 0 Å². The molecule has 0 saturated heterocycles. The van der Waals surface area contributed by atoms with E-state index in [2.05, 4.69) is 15.0 Å². The van der Waals surface area contributed by atoms with Crippen LogP contribution >= 0.6 is 11.3 Å². The molecular formula is C24H27N3O4S2. The van der Waals surface area contributed by atoms with Crippen molar-refractivity contribution in [1.82, 2.24) is 15.0 Å². The molecule has 0 aliphatic rings. The Morgan fingerprint density at radius 1 is 1.09 bits per heavy atom. The summed E-state index contributed by atoms with van der Waals surface area (Å²) in [4.78, 5) is 16.6. The maximum atomic E-state index is 12.5. The molecule has 7 nitrogen and oxygen atoms in total. The van der Waals surface area contributed by atoms with Crippen LogP contribution in [0.15, 0.2) is 58.8 Å². The van der Waals surface area contributed by atoms with Gasteiger partial charge in [0.15, 0.2) is 0 Å². The van der Waals surface area contributed by atoms with Crippen molar-refractivity contribution in [3.05, 3.63) is 81.3 Å². The fourth-order valence-electron chi connectivity index (χ4n) is 2.98. The summed E-state index contributed by atoms with van der Waals surface area (Å²) in [5, 5.41) is 5.65. The minimum absolute atomic E-state index is 0.0971. The average molecular weight is 486 g/mol. The lowest BCUT2D eigenvalue weighted by Crippen LogP contribution is -2.34. The highest BCUT2D eigenvalue weighted by Crippen LogP contribution is 2.17. The first kappa shape index (κ1) is 24.6. The predicted molar refractivity (Wildman–Crippen MR) is 131 cm³/mol. The highest BCUT2D eigenvalue weighted by Gasteiger charge is 2.16. The summed E-state index contributed by atoms with van der Waals surface area (Å²) >= 11 is 1.59. The highest BCUT2D eigenvalue weighted by molar-refractivity contribution is 7.89. The van der Waals surface area contributed by atoms with Crippen LogP contribution < -0.4 is 14.8 Å². The number of sulfonamides is 1. The number of rotatable bonds is 10. The van der Waals surface area contributed by atoms with E-state index in [9.17, 15) is 13.2 Å². The molecular weight excluding hydrogens is 458 g/mol. The third-order valence-electron chi connectivity index (χ3n) is 4.71. The zero-order valence-electron chi connectivity index (χ0n) is 18.8. The van der Waals surface area contributed by atoms with Gasteiger partial charge in [-0.15, -0.1) is 11.3 Å². The molecule has 3 aromatic rings. The topological polar surface area (TPSA) is 97.4 Å². The first-order chi connectivity index (χ1) is 15.7. The molecule has 9 heteroatoms. The van der Waals surface area contributed by atoms with E-state index in [0.29, 0.717) is 12.2 Å². The van der Waals surface area contributed by atoms with Gasteiger partial charge in [0, 0.05) is 24.5 Å². The Balaban J connectivity index is 1.42. The number of hydrogen-bond acceptors (Lipinski definition) is 6. The van der Waals surface area contributed by atoms with Gasteiger partial charge < -0.3 is 10.1 Å². The lowest BCUT2D eigenvalue weighted by Gasteiger charge is -2.10. The van der Waals surface area contributed by atoms with Gasteiger partial charge in [-0.25, -0.2) is 18.1 Å². The number of hydrogen-bond donors (Lipinski definition) is 2. The summed E-state index contributed by atoms with van der Waals surface area (Å²) in [6.07, 6.45) is 3.09. The Bertz CT molecular complexity index is 1230. The van der Waals surface area contributed by atoms with E-state index >= 15 is 0 Å². The van der Waals surface area contributed by atoms with Gasteiger partial charge >= 0.3 is 0 Å². The first-order valence-corrected chi connectivity index (χ1v) is 12.8. The molecule has 1 amide bonds. The Kier molecular flexibility index (Phi) is 8.37. The van der Waals surface area contributed by atoms with Crippen LogP contribution in [0.4, 0.5) is 0 Å². The average Bonchev–Trinajstić information content (AvgIpc) is 3.21. The molecule has 2 N–H and O–H groups in total. The van der Waals surface area contributed by atoms with Gasteiger partial charge in [-0.05, 0) is 61.7 Å². The fourth-order valence-corrected chi connectivity index (χ4v) is 4.94. The number of aromatic nitrogens is 1. The SMILES string of the molecule is Cc1ccc(C)c(S(=O)(=O)NCCNC(=O)/C=C/c2ccc(OCc3csc(C)n3)cc2)c1. The van der Waals surface area contributed by atoms with Crippen molar-refractivity contribution in [2.75, 3.05) is 13.1 Å². The largest absolute Gasteiger partial charge is 0.487 e. The maximum Gasteiger partial charge on any atom is 0.244 e. The van der Waals surface area contributed by atoms with Crippen molar-refractivity contribution in [3.8, 4) is 5.75 Å². The molecule has 33 heavy (non-hydrogen) atoms. The minimum Gasteiger partial charge on any atom is -0.487 e. The second-order valence-corrected chi connectivity index (χ2v) is 10.3. The second-order valence-electron chi connectivity index (χ2n) is 7.51. The molecule has 1 heterocycles. The van der Waals surface area contributed by atoms with Crippen LogP contribution in [0.25, 0.3) is 6.08 Å². The van der Waals surface area contributed by atoms with Gasteiger partial charge in [-0.3, -0.25) is 4.79 Å². The number of aryl methyl sites for hydroxylation is 3. The Labute approximate surface area is 198 Å². The number of benzene rings is 2. The molecule has 0 unspecified atom stereocenters. The van der Waals surface area contributed by atoms with E-state index in [1.54, 1.807) is 36.5 Å². The lowest BCUT2D eigenvalue weighted by atomic mass is 10.2. The van der Waals surface area contributed by atoms with E-state index in [1.807, 2.05) is 49.6 Å². The van der Waals surface area contributed by atoms with Crippen LogP contribution in [-0.2, 0) is 21.4 Å². The normalized spacial score (nSPS) is 11.6. The van der Waals surface area contributed by atoms with Gasteiger partial charge in [-0.1, -0.05) is 24.3 Å². The highest BCUT2D eigenvalue weighted by atomic mass is 32.2. The number of ether oxygens (including phenoxy) is 1. The van der Waals surface area contributed by atoms with E-state index in [4.69, 9.17) is 4.74 Å². The predicted octanol–water partition coefficient (Wildman–Crippen LogP) is 3.76. The summed E-state index contributed by atoms with van der Waals surface area (Å²) < 4.78 is 33.2. The molecule has 0 bridgehead atoms. The van der Waals surface area contributed by atoms with E-state index in [-0.39, 0.29) is 23.9 Å². The summed E-state index contributed by atoms with van der Waals surface area (Å²) in [5.41, 5.74) is 3.29. The van der Waals surface area contributed by atoms with Crippen LogP contribution in [0.3, 0.4) is 0 Å². The Morgan fingerprint density at radius 2 is 1.85 bits per heavy atom. The molecule has 0 spiro atoms. The summed E-state index contributed by atoms with van der Waals surface area (Å²) in [5.74, 6) is 0.415. The van der Waals surface area contributed by atoms with Crippen molar-refractivity contribution in [1.29, 1.82) is 0 Å². The number of carbonyl (C=O) groups excluding carboxylic acids is 1. The molecule has 0 fully saturated rings. The van der Waals surface area contributed by atoms with Gasteiger partial charge in [0.2, 0.25) is 15.9 Å². The molecule has 1 aromatic heterocycles. The molecule has 0 aliphatic heterocycles. The minimum atomic E-state index is -3.63. The molecule has 2 aromatic carbocycles. The standard InChI is InChI=1S/C24H27N3O4S2/c1-17-4-5-18(2)23(14-17)33(29,30)26-13-12-25-24(28)11-8-20-6-9-22(10-7-20)31-15-21-16-32-19(3)27-21/h4-11,14,16,26H,12-13,15H2,1-3H3,(H,25,28)/b11-8+. The summed E-state index contributed by atoms with van der Waals surface area (Å²) in [6.45, 7) is 6.23. The second kappa shape index (κ2) is 11.2. The van der Waals surface area contributed by atoms with Crippen molar-refractivity contribution >= 4 is 33.3 Å². The van der Waals surface area contributed by atoms with Crippen LogP contribution in [-0.4, -0.2) is 32.4 Å². The van der Waals surface area contributed by atoms with Gasteiger partial charge in [0.05, 0.1) is 15.6 Å². The summed E-state index contributed by atoms with van der Waals surface area (Å²) in [6, 6.07) is 12.6. The smallest absolute Gasteiger partial charge is 0.244 e. The van der Waals surface area contributed by atoms with Crippen molar-refractivity contribution in [2.45, 2.75) is 32.3 Å². The molecule has 174 valence electrons. The monoisotopic (exact) mass is 485 g/mol. The number of thiazole rings is 1. The zero-order valence-corrected chi connectivity index (χ0v) is 20.4.